The molecule has 1 aliphatic rings. The fraction of sp³-hybridized carbons (Fsp3) is 0.241. The van der Waals surface area contributed by atoms with E-state index in [1.807, 2.05) is 42.3 Å². The van der Waals surface area contributed by atoms with Gasteiger partial charge in [0.05, 0.1) is 29.6 Å². The Morgan fingerprint density at radius 2 is 1.94 bits per heavy atom. The Kier molecular flexibility index (Phi) is 6.25. The number of likely N-dealkylation sites (N-methyl/N-ethyl adjacent to an activating group) is 1. The number of aromatic nitrogens is 2. The van der Waals surface area contributed by atoms with Gasteiger partial charge in [-0.05, 0) is 41.0 Å². The van der Waals surface area contributed by atoms with E-state index >= 15 is 0 Å². The smallest absolute Gasteiger partial charge is 0.240 e. The maximum atomic E-state index is 13.7. The van der Waals surface area contributed by atoms with Crippen molar-refractivity contribution in [3.63, 3.8) is 0 Å². The molecule has 1 saturated heterocycles. The number of carbonyl (C=O) groups is 1. The van der Waals surface area contributed by atoms with Crippen LogP contribution in [0.15, 0.2) is 94.9 Å². The van der Waals surface area contributed by atoms with E-state index in [0.29, 0.717) is 6.54 Å². The summed E-state index contributed by atoms with van der Waals surface area (Å²) in [6, 6.07) is 24.7. The molecule has 5 aromatic rings. The van der Waals surface area contributed by atoms with Crippen LogP contribution in [0, 0.1) is 0 Å². The number of imidazole rings is 1. The summed E-state index contributed by atoms with van der Waals surface area (Å²) < 4.78 is 5.21. The van der Waals surface area contributed by atoms with Crippen molar-refractivity contribution < 1.29 is 9.21 Å². The number of likely N-dealkylation sites (tertiary alicyclic amines) is 1. The molecule has 3 heterocycles. The van der Waals surface area contributed by atoms with Gasteiger partial charge in [0.2, 0.25) is 5.91 Å². The number of para-hydroxylation sites is 2. The first-order chi connectivity index (χ1) is 17.6. The highest BCUT2D eigenvalue weighted by atomic mass is 32.2. The number of hydrogen-bond acceptors (Lipinski definition) is 5. The normalized spacial score (nSPS) is 18.2. The Morgan fingerprint density at radius 1 is 1.11 bits per heavy atom. The average Bonchev–Trinajstić information content (AvgIpc) is 3.64. The highest BCUT2D eigenvalue weighted by molar-refractivity contribution is 7.99. The zero-order valence-electron chi connectivity index (χ0n) is 20.1. The molecule has 1 aliphatic heterocycles. The standard InChI is InChI=1S/C29H28N4O2S/c1-32(16-20-13-14-35-19-20)28(34)27-15-23(36-29-30-25-11-4-5-12-26(25)31-29)18-33(27)17-22-9-6-8-21-7-2-3-10-24(21)22/h2-14,19,23,27H,15-18H2,1H3,(H,30,31)/t23-,27+/m1/s1. The molecule has 6 nitrogen and oxygen atoms in total. The molecule has 6 rings (SSSR count). The number of amides is 1. The summed E-state index contributed by atoms with van der Waals surface area (Å²) >= 11 is 1.74. The van der Waals surface area contributed by atoms with Crippen molar-refractivity contribution in [2.24, 2.45) is 0 Å². The van der Waals surface area contributed by atoms with E-state index in [4.69, 9.17) is 9.40 Å². The summed E-state index contributed by atoms with van der Waals surface area (Å²) in [6.07, 6.45) is 4.13. The van der Waals surface area contributed by atoms with Gasteiger partial charge in [-0.2, -0.15) is 0 Å². The fourth-order valence-corrected chi connectivity index (χ4v) is 6.34. The summed E-state index contributed by atoms with van der Waals surface area (Å²) in [5, 5.41) is 3.64. The molecule has 0 spiro atoms. The topological polar surface area (TPSA) is 65.4 Å². The number of furan rings is 1. The van der Waals surface area contributed by atoms with Gasteiger partial charge < -0.3 is 14.3 Å². The Morgan fingerprint density at radius 3 is 2.81 bits per heavy atom. The first kappa shape index (κ1) is 22.9. The van der Waals surface area contributed by atoms with Crippen molar-refractivity contribution in [3.05, 3.63) is 96.4 Å². The van der Waals surface area contributed by atoms with E-state index in [0.717, 1.165) is 41.3 Å². The number of H-pyrrole nitrogens is 1. The number of nitrogens with one attached hydrogen (secondary N) is 1. The molecule has 182 valence electrons. The number of fused-ring (bicyclic) bond motifs is 2. The summed E-state index contributed by atoms with van der Waals surface area (Å²) in [5.74, 6) is 0.143. The monoisotopic (exact) mass is 496 g/mol. The van der Waals surface area contributed by atoms with Crippen molar-refractivity contribution in [3.8, 4) is 0 Å². The summed E-state index contributed by atoms with van der Waals surface area (Å²) in [7, 11) is 1.88. The number of nitrogens with zero attached hydrogens (tertiary/aromatic N) is 3. The third-order valence-electron chi connectivity index (χ3n) is 6.93. The lowest BCUT2D eigenvalue weighted by Crippen LogP contribution is -2.43. The zero-order valence-corrected chi connectivity index (χ0v) is 20.9. The molecule has 0 aliphatic carbocycles. The maximum Gasteiger partial charge on any atom is 0.240 e. The van der Waals surface area contributed by atoms with Crippen LogP contribution < -0.4 is 0 Å². The SMILES string of the molecule is CN(Cc1ccoc1)C(=O)[C@@H]1C[C@@H](Sc2nc3ccccc3[nH]2)CN1Cc1cccc2ccccc12. The largest absolute Gasteiger partial charge is 0.472 e. The van der Waals surface area contributed by atoms with Gasteiger partial charge in [0.25, 0.3) is 0 Å². The van der Waals surface area contributed by atoms with Crippen LogP contribution in [-0.4, -0.2) is 50.6 Å². The summed E-state index contributed by atoms with van der Waals surface area (Å²) in [4.78, 5) is 26.1. The molecule has 3 aromatic carbocycles. The zero-order chi connectivity index (χ0) is 24.5. The highest BCUT2D eigenvalue weighted by Gasteiger charge is 2.39. The first-order valence-corrected chi connectivity index (χ1v) is 13.1. The third kappa shape index (κ3) is 4.64. The minimum Gasteiger partial charge on any atom is -0.472 e. The van der Waals surface area contributed by atoms with E-state index in [1.165, 1.54) is 16.3 Å². The molecular weight excluding hydrogens is 468 g/mol. The molecule has 2 aromatic heterocycles. The molecular formula is C29H28N4O2S. The average molecular weight is 497 g/mol. The lowest BCUT2D eigenvalue weighted by atomic mass is 10.0. The second-order valence-electron chi connectivity index (χ2n) is 9.44. The van der Waals surface area contributed by atoms with E-state index in [1.54, 1.807) is 24.3 Å². The van der Waals surface area contributed by atoms with E-state index < -0.39 is 0 Å². The quantitative estimate of drug-likeness (QED) is 0.313. The second-order valence-corrected chi connectivity index (χ2v) is 10.7. The van der Waals surface area contributed by atoms with Crippen LogP contribution in [0.3, 0.4) is 0 Å². The first-order valence-electron chi connectivity index (χ1n) is 12.2. The van der Waals surface area contributed by atoms with Gasteiger partial charge in [-0.3, -0.25) is 9.69 Å². The minimum atomic E-state index is -0.192. The molecule has 0 unspecified atom stereocenters. The number of rotatable bonds is 7. The van der Waals surface area contributed by atoms with Crippen molar-refractivity contribution in [2.75, 3.05) is 13.6 Å². The molecule has 0 bridgehead atoms. The van der Waals surface area contributed by atoms with Gasteiger partial charge in [-0.1, -0.05) is 66.4 Å². The molecule has 0 saturated carbocycles. The molecule has 2 atom stereocenters. The number of aromatic amines is 1. The maximum absolute atomic E-state index is 13.7. The number of hydrogen-bond donors (Lipinski definition) is 1. The predicted molar refractivity (Wildman–Crippen MR) is 144 cm³/mol. The van der Waals surface area contributed by atoms with Crippen LogP contribution in [-0.2, 0) is 17.9 Å². The summed E-state index contributed by atoms with van der Waals surface area (Å²) in [6.45, 7) is 2.09. The molecule has 1 fully saturated rings. The van der Waals surface area contributed by atoms with Crippen LogP contribution in [0.4, 0.5) is 0 Å². The van der Waals surface area contributed by atoms with Crippen molar-refractivity contribution in [1.29, 1.82) is 0 Å². The Balaban J connectivity index is 1.26. The van der Waals surface area contributed by atoms with E-state index in [2.05, 4.69) is 52.3 Å². The van der Waals surface area contributed by atoms with Gasteiger partial charge in [0.15, 0.2) is 5.16 Å². The van der Waals surface area contributed by atoms with Crippen LogP contribution in [0.25, 0.3) is 21.8 Å². The van der Waals surface area contributed by atoms with E-state index in [9.17, 15) is 4.79 Å². The number of benzene rings is 3. The third-order valence-corrected chi connectivity index (χ3v) is 8.02. The minimum absolute atomic E-state index is 0.143. The van der Waals surface area contributed by atoms with Crippen LogP contribution in [0.1, 0.15) is 17.5 Å². The Labute approximate surface area is 214 Å². The van der Waals surface area contributed by atoms with Crippen LogP contribution in [0.5, 0.6) is 0 Å². The van der Waals surface area contributed by atoms with Crippen LogP contribution in [0.2, 0.25) is 0 Å². The van der Waals surface area contributed by atoms with E-state index in [-0.39, 0.29) is 17.2 Å². The fourth-order valence-electron chi connectivity index (χ4n) is 5.16. The molecule has 36 heavy (non-hydrogen) atoms. The van der Waals surface area contributed by atoms with Gasteiger partial charge in [-0.25, -0.2) is 4.98 Å². The highest BCUT2D eigenvalue weighted by Crippen LogP contribution is 2.35. The molecule has 1 amide bonds. The van der Waals surface area contributed by atoms with Gasteiger partial charge >= 0.3 is 0 Å². The summed E-state index contributed by atoms with van der Waals surface area (Å²) in [5.41, 5.74) is 4.26. The second kappa shape index (κ2) is 9.84. The lowest BCUT2D eigenvalue weighted by Gasteiger charge is -2.28. The molecule has 0 radical (unpaired) electrons. The van der Waals surface area contributed by atoms with Crippen molar-refractivity contribution in [1.82, 2.24) is 19.8 Å². The molecule has 7 heteroatoms. The van der Waals surface area contributed by atoms with Gasteiger partial charge in [0.1, 0.15) is 0 Å². The van der Waals surface area contributed by atoms with Crippen LogP contribution >= 0.6 is 11.8 Å². The predicted octanol–water partition coefficient (Wildman–Crippen LogP) is 5.70. The van der Waals surface area contributed by atoms with Crippen molar-refractivity contribution >= 4 is 39.5 Å². The molecule has 1 N–H and O–H groups in total. The number of carbonyl (C=O) groups excluding carboxylic acids is 1. The number of thioether (sulfide) groups is 1. The van der Waals surface area contributed by atoms with Crippen molar-refractivity contribution in [2.45, 2.75) is 36.0 Å². The Hall–Kier alpha value is -3.55. The Bertz CT molecular complexity index is 1460. The van der Waals surface area contributed by atoms with Gasteiger partial charge in [0, 0.05) is 37.5 Å². The van der Waals surface area contributed by atoms with Gasteiger partial charge in [-0.15, -0.1) is 0 Å². The lowest BCUT2D eigenvalue weighted by molar-refractivity contribution is -0.135.